The summed E-state index contributed by atoms with van der Waals surface area (Å²) in [5.41, 5.74) is 2.16. The molecule has 2 aromatic rings. The lowest BCUT2D eigenvalue weighted by Crippen LogP contribution is -2.52. The van der Waals surface area contributed by atoms with Gasteiger partial charge in [0.15, 0.2) is 0 Å². The molecule has 0 saturated carbocycles. The molecule has 0 bridgehead atoms. The number of nitrogens with zero attached hydrogens (tertiary/aromatic N) is 3. The fourth-order valence-electron chi connectivity index (χ4n) is 4.04. The van der Waals surface area contributed by atoms with E-state index in [4.69, 9.17) is 0 Å². The zero-order chi connectivity index (χ0) is 19.9. The van der Waals surface area contributed by atoms with Crippen molar-refractivity contribution in [1.29, 1.82) is 0 Å². The number of aromatic nitrogens is 2. The molecule has 0 spiro atoms. The van der Waals surface area contributed by atoms with Crippen LogP contribution < -0.4 is 10.0 Å². The van der Waals surface area contributed by atoms with Crippen LogP contribution in [0.5, 0.6) is 0 Å². The van der Waals surface area contributed by atoms with Gasteiger partial charge in [0.25, 0.3) is 5.91 Å². The number of anilines is 1. The standard InChI is InChI=1S/C19H25N5O3S/c1-3-24-13(2)15(12-20-24)19(25)23-10-8-14(9-11-23)18-21-16-6-4-5-7-17(16)28(26,27)22-18/h4-7,12,14,18,21-22H,3,8-11H2,1-2H3. The highest BCUT2D eigenvalue weighted by molar-refractivity contribution is 7.89. The minimum Gasteiger partial charge on any atom is -0.368 e. The summed E-state index contributed by atoms with van der Waals surface area (Å²) in [6, 6.07) is 6.92. The summed E-state index contributed by atoms with van der Waals surface area (Å²) in [6.45, 7) is 5.84. The molecule has 4 rings (SSSR count). The predicted molar refractivity (Wildman–Crippen MR) is 105 cm³/mol. The van der Waals surface area contributed by atoms with Crippen molar-refractivity contribution >= 4 is 21.6 Å². The molecule has 1 aromatic heterocycles. The highest BCUT2D eigenvalue weighted by Crippen LogP contribution is 2.31. The fourth-order valence-corrected chi connectivity index (χ4v) is 5.43. The van der Waals surface area contributed by atoms with E-state index in [1.165, 1.54) is 0 Å². The predicted octanol–water partition coefficient (Wildman–Crippen LogP) is 1.79. The van der Waals surface area contributed by atoms with Crippen LogP contribution in [0.15, 0.2) is 35.4 Å². The van der Waals surface area contributed by atoms with Crippen molar-refractivity contribution in [2.24, 2.45) is 5.92 Å². The molecule has 1 fully saturated rings. The van der Waals surface area contributed by atoms with Gasteiger partial charge in [0.05, 0.1) is 23.6 Å². The number of rotatable bonds is 3. The highest BCUT2D eigenvalue weighted by atomic mass is 32.2. The second-order valence-electron chi connectivity index (χ2n) is 7.33. The smallest absolute Gasteiger partial charge is 0.257 e. The maximum Gasteiger partial charge on any atom is 0.257 e. The van der Waals surface area contributed by atoms with E-state index in [1.54, 1.807) is 24.4 Å². The van der Waals surface area contributed by atoms with E-state index in [-0.39, 0.29) is 22.9 Å². The summed E-state index contributed by atoms with van der Waals surface area (Å²) in [6.07, 6.45) is 2.74. The van der Waals surface area contributed by atoms with Gasteiger partial charge in [0.1, 0.15) is 4.90 Å². The summed E-state index contributed by atoms with van der Waals surface area (Å²) >= 11 is 0. The van der Waals surface area contributed by atoms with Crippen molar-refractivity contribution in [3.63, 3.8) is 0 Å². The molecule has 28 heavy (non-hydrogen) atoms. The van der Waals surface area contributed by atoms with Crippen molar-refractivity contribution < 1.29 is 13.2 Å². The molecule has 0 aliphatic carbocycles. The van der Waals surface area contributed by atoms with Crippen LogP contribution in [0.3, 0.4) is 0 Å². The van der Waals surface area contributed by atoms with E-state index in [0.717, 1.165) is 25.1 Å². The number of benzene rings is 1. The molecule has 1 aromatic carbocycles. The van der Waals surface area contributed by atoms with E-state index in [9.17, 15) is 13.2 Å². The first-order valence-electron chi connectivity index (χ1n) is 9.60. The Hall–Kier alpha value is -2.39. The molecule has 2 aliphatic rings. The Morgan fingerprint density at radius 2 is 1.96 bits per heavy atom. The number of piperidine rings is 1. The van der Waals surface area contributed by atoms with E-state index in [2.05, 4.69) is 15.1 Å². The second kappa shape index (κ2) is 7.21. The Labute approximate surface area is 165 Å². The largest absolute Gasteiger partial charge is 0.368 e. The van der Waals surface area contributed by atoms with Gasteiger partial charge in [-0.25, -0.2) is 8.42 Å². The van der Waals surface area contributed by atoms with E-state index in [0.29, 0.717) is 24.3 Å². The van der Waals surface area contributed by atoms with Crippen molar-refractivity contribution in [3.05, 3.63) is 41.7 Å². The highest BCUT2D eigenvalue weighted by Gasteiger charge is 2.36. The van der Waals surface area contributed by atoms with Gasteiger partial charge in [-0.05, 0) is 44.7 Å². The number of carbonyl (C=O) groups is 1. The average Bonchev–Trinajstić information content (AvgIpc) is 3.07. The van der Waals surface area contributed by atoms with Crippen molar-refractivity contribution in [1.82, 2.24) is 19.4 Å². The topological polar surface area (TPSA) is 96.3 Å². The maximum atomic E-state index is 12.8. The van der Waals surface area contributed by atoms with Crippen LogP contribution >= 0.6 is 0 Å². The molecule has 2 N–H and O–H groups in total. The maximum absolute atomic E-state index is 12.8. The summed E-state index contributed by atoms with van der Waals surface area (Å²) < 4.78 is 29.6. The van der Waals surface area contributed by atoms with Gasteiger partial charge in [-0.2, -0.15) is 9.82 Å². The van der Waals surface area contributed by atoms with Gasteiger partial charge in [0, 0.05) is 25.3 Å². The Morgan fingerprint density at radius 1 is 1.25 bits per heavy atom. The third kappa shape index (κ3) is 3.29. The van der Waals surface area contributed by atoms with Crippen LogP contribution in [0.1, 0.15) is 35.8 Å². The quantitative estimate of drug-likeness (QED) is 0.815. The molecule has 1 unspecified atom stereocenters. The summed E-state index contributed by atoms with van der Waals surface area (Å²) in [7, 11) is -3.52. The molecular formula is C19H25N5O3S. The number of aryl methyl sites for hydroxylation is 1. The van der Waals surface area contributed by atoms with Gasteiger partial charge in [-0.15, -0.1) is 0 Å². The molecule has 2 aliphatic heterocycles. The Kier molecular flexibility index (Phi) is 4.88. The number of hydrogen-bond acceptors (Lipinski definition) is 5. The first kappa shape index (κ1) is 18.9. The molecule has 1 amide bonds. The van der Waals surface area contributed by atoms with Crippen LogP contribution in [0, 0.1) is 12.8 Å². The van der Waals surface area contributed by atoms with Crippen molar-refractivity contribution in [3.8, 4) is 0 Å². The molecule has 1 saturated heterocycles. The lowest BCUT2D eigenvalue weighted by atomic mass is 9.93. The first-order chi connectivity index (χ1) is 13.4. The molecule has 9 heteroatoms. The van der Waals surface area contributed by atoms with Gasteiger partial charge in [-0.1, -0.05) is 12.1 Å². The minimum absolute atomic E-state index is 0.00169. The van der Waals surface area contributed by atoms with Crippen molar-refractivity contribution in [2.75, 3.05) is 18.4 Å². The summed E-state index contributed by atoms with van der Waals surface area (Å²) in [4.78, 5) is 15.0. The number of carbonyl (C=O) groups excluding carboxylic acids is 1. The zero-order valence-corrected chi connectivity index (χ0v) is 16.9. The van der Waals surface area contributed by atoms with Crippen LogP contribution in [-0.2, 0) is 16.6 Å². The summed E-state index contributed by atoms with van der Waals surface area (Å²) in [5.74, 6) is 0.116. The van der Waals surface area contributed by atoms with Gasteiger partial charge in [0.2, 0.25) is 10.0 Å². The van der Waals surface area contributed by atoms with Gasteiger partial charge < -0.3 is 10.2 Å². The normalized spacial score (nSPS) is 21.8. The number of para-hydroxylation sites is 1. The molecule has 1 atom stereocenters. The lowest BCUT2D eigenvalue weighted by Gasteiger charge is -2.38. The Bertz CT molecular complexity index is 993. The molecular weight excluding hydrogens is 378 g/mol. The first-order valence-corrected chi connectivity index (χ1v) is 11.1. The van der Waals surface area contributed by atoms with Crippen molar-refractivity contribution in [2.45, 2.75) is 44.3 Å². The SMILES string of the molecule is CCn1ncc(C(=O)N2CCC(C3Nc4ccccc4S(=O)(=O)N3)CC2)c1C. The lowest BCUT2D eigenvalue weighted by molar-refractivity contribution is 0.0678. The summed E-state index contributed by atoms with van der Waals surface area (Å²) in [5, 5.41) is 7.57. The number of fused-ring (bicyclic) bond motifs is 1. The minimum atomic E-state index is -3.52. The number of amides is 1. The van der Waals surface area contributed by atoms with Crippen LogP contribution in [-0.4, -0.2) is 48.3 Å². The Morgan fingerprint density at radius 3 is 2.64 bits per heavy atom. The molecule has 3 heterocycles. The number of likely N-dealkylation sites (tertiary alicyclic amines) is 1. The van der Waals surface area contributed by atoms with Crippen LogP contribution in [0.25, 0.3) is 0 Å². The average molecular weight is 404 g/mol. The second-order valence-corrected chi connectivity index (χ2v) is 9.01. The van der Waals surface area contributed by atoms with E-state index in [1.807, 2.05) is 29.5 Å². The van der Waals surface area contributed by atoms with Gasteiger partial charge >= 0.3 is 0 Å². The third-order valence-corrected chi connectivity index (χ3v) is 7.20. The third-order valence-electron chi connectivity index (χ3n) is 5.70. The van der Waals surface area contributed by atoms with Crippen LogP contribution in [0.2, 0.25) is 0 Å². The molecule has 8 nitrogen and oxygen atoms in total. The van der Waals surface area contributed by atoms with Gasteiger partial charge in [-0.3, -0.25) is 9.48 Å². The van der Waals surface area contributed by atoms with Crippen LogP contribution in [0.4, 0.5) is 5.69 Å². The molecule has 150 valence electrons. The fraction of sp³-hybridized carbons (Fsp3) is 0.474. The van der Waals surface area contributed by atoms with E-state index >= 15 is 0 Å². The number of nitrogens with one attached hydrogen (secondary N) is 2. The zero-order valence-electron chi connectivity index (χ0n) is 16.1. The monoisotopic (exact) mass is 403 g/mol. The van der Waals surface area contributed by atoms with E-state index < -0.39 is 10.0 Å². The number of sulfonamides is 1. The Balaban J connectivity index is 1.43. The molecule has 0 radical (unpaired) electrons. The number of hydrogen-bond donors (Lipinski definition) is 2.